The summed E-state index contributed by atoms with van der Waals surface area (Å²) in [5.41, 5.74) is 0.920. The van der Waals surface area contributed by atoms with Gasteiger partial charge in [0.25, 0.3) is 0 Å². The van der Waals surface area contributed by atoms with Gasteiger partial charge in [-0.2, -0.15) is 0 Å². The smallest absolute Gasteiger partial charge is 0.203 e. The van der Waals surface area contributed by atoms with Gasteiger partial charge in [0.15, 0.2) is 11.5 Å². The van der Waals surface area contributed by atoms with E-state index in [1.165, 1.54) is 0 Å². The Morgan fingerprint density at radius 3 is 1.90 bits per heavy atom. The lowest BCUT2D eigenvalue weighted by Gasteiger charge is -2.34. The van der Waals surface area contributed by atoms with E-state index in [2.05, 4.69) is 16.8 Å². The highest BCUT2D eigenvalue weighted by Gasteiger charge is 2.21. The van der Waals surface area contributed by atoms with E-state index in [9.17, 15) is 0 Å². The molecule has 0 aromatic heterocycles. The van der Waals surface area contributed by atoms with E-state index in [-0.39, 0.29) is 0 Å². The van der Waals surface area contributed by atoms with Crippen molar-refractivity contribution in [1.29, 1.82) is 0 Å². The lowest BCUT2D eigenvalue weighted by molar-refractivity contribution is 0.218. The van der Waals surface area contributed by atoms with Crippen LogP contribution in [0.1, 0.15) is 5.56 Å². The van der Waals surface area contributed by atoms with E-state index in [1.807, 2.05) is 12.1 Å². The first-order valence-corrected chi connectivity index (χ1v) is 7.29. The molecular weight excluding hydrogens is 288 g/mol. The number of thiocarbonyl (C=S) groups is 1. The minimum atomic E-state index is 0.588. The predicted octanol–water partition coefficient (Wildman–Crippen LogP) is 1.64. The van der Waals surface area contributed by atoms with Gasteiger partial charge in [0, 0.05) is 31.7 Å². The first-order chi connectivity index (χ1) is 10.1. The summed E-state index contributed by atoms with van der Waals surface area (Å²) in [6, 6.07) is 3.81. The van der Waals surface area contributed by atoms with Crippen LogP contribution in [-0.4, -0.2) is 69.3 Å². The van der Waals surface area contributed by atoms with Crippen molar-refractivity contribution < 1.29 is 14.2 Å². The summed E-state index contributed by atoms with van der Waals surface area (Å²) >= 11 is 5.63. The van der Waals surface area contributed by atoms with Crippen LogP contribution in [0.25, 0.3) is 0 Å². The first kappa shape index (κ1) is 15.9. The molecule has 21 heavy (non-hydrogen) atoms. The number of methoxy groups -OCH3 is 3. The van der Waals surface area contributed by atoms with Crippen LogP contribution < -0.4 is 14.2 Å². The summed E-state index contributed by atoms with van der Waals surface area (Å²) in [5, 5.41) is 0. The van der Waals surface area contributed by atoms with Gasteiger partial charge in [-0.05, 0) is 19.2 Å². The third-order valence-corrected chi connectivity index (χ3v) is 4.20. The van der Waals surface area contributed by atoms with Crippen LogP contribution in [0.15, 0.2) is 12.1 Å². The van der Waals surface area contributed by atoms with Gasteiger partial charge < -0.3 is 24.0 Å². The Hall–Kier alpha value is -1.53. The van der Waals surface area contributed by atoms with Gasteiger partial charge in [0.1, 0.15) is 4.99 Å². The first-order valence-electron chi connectivity index (χ1n) is 6.88. The molecule has 0 amide bonds. The standard InChI is InChI=1S/C15H22N2O3S/c1-16-5-7-17(8-6-16)15(21)11-9-12(18-2)14(20-4)13(10-11)19-3/h9-10H,5-8H2,1-4H3. The quantitative estimate of drug-likeness (QED) is 0.787. The Morgan fingerprint density at radius 2 is 1.48 bits per heavy atom. The van der Waals surface area contributed by atoms with E-state index < -0.39 is 0 Å². The molecule has 0 spiro atoms. The summed E-state index contributed by atoms with van der Waals surface area (Å²) in [5.74, 6) is 1.84. The van der Waals surface area contributed by atoms with Crippen LogP contribution in [0.5, 0.6) is 17.2 Å². The minimum Gasteiger partial charge on any atom is -0.493 e. The zero-order chi connectivity index (χ0) is 15.4. The third kappa shape index (κ3) is 3.39. The lowest BCUT2D eigenvalue weighted by Crippen LogP contribution is -2.46. The molecule has 0 N–H and O–H groups in total. The third-order valence-electron chi connectivity index (χ3n) is 3.70. The lowest BCUT2D eigenvalue weighted by atomic mass is 10.1. The molecule has 0 saturated carbocycles. The van der Waals surface area contributed by atoms with E-state index in [1.54, 1.807) is 21.3 Å². The van der Waals surface area contributed by atoms with E-state index in [4.69, 9.17) is 26.4 Å². The van der Waals surface area contributed by atoms with E-state index >= 15 is 0 Å². The van der Waals surface area contributed by atoms with Gasteiger partial charge in [0.05, 0.1) is 21.3 Å². The van der Waals surface area contributed by atoms with Crippen LogP contribution in [-0.2, 0) is 0 Å². The molecule has 1 aliphatic rings. The molecule has 1 saturated heterocycles. The zero-order valence-corrected chi connectivity index (χ0v) is 13.8. The Balaban J connectivity index is 2.28. The van der Waals surface area contributed by atoms with E-state index in [0.29, 0.717) is 17.2 Å². The Labute approximate surface area is 131 Å². The fourth-order valence-electron chi connectivity index (χ4n) is 2.40. The van der Waals surface area contributed by atoms with Gasteiger partial charge in [-0.1, -0.05) is 12.2 Å². The Bertz CT molecular complexity index is 489. The molecule has 0 bridgehead atoms. The highest BCUT2D eigenvalue weighted by atomic mass is 32.1. The maximum atomic E-state index is 5.63. The van der Waals surface area contributed by atoms with Crippen LogP contribution in [0, 0.1) is 0 Å². The number of hydrogen-bond acceptors (Lipinski definition) is 5. The number of rotatable bonds is 4. The predicted molar refractivity (Wildman–Crippen MR) is 86.9 cm³/mol. The van der Waals surface area contributed by atoms with Gasteiger partial charge in [-0.3, -0.25) is 0 Å². The second-order valence-corrected chi connectivity index (χ2v) is 5.40. The fraction of sp³-hybridized carbons (Fsp3) is 0.533. The van der Waals surface area contributed by atoms with Crippen molar-refractivity contribution in [1.82, 2.24) is 9.80 Å². The van der Waals surface area contributed by atoms with Gasteiger partial charge >= 0.3 is 0 Å². The van der Waals surface area contributed by atoms with Crippen LogP contribution in [0.4, 0.5) is 0 Å². The summed E-state index contributed by atoms with van der Waals surface area (Å²) in [4.78, 5) is 5.34. The molecule has 1 aliphatic heterocycles. The molecule has 1 aromatic rings. The molecule has 0 unspecified atom stereocenters. The Morgan fingerprint density at radius 1 is 0.952 bits per heavy atom. The largest absolute Gasteiger partial charge is 0.493 e. The summed E-state index contributed by atoms with van der Waals surface area (Å²) in [6.07, 6.45) is 0. The second kappa shape index (κ2) is 6.95. The van der Waals surface area contributed by atoms with Crippen LogP contribution in [0.3, 0.4) is 0 Å². The molecule has 116 valence electrons. The number of ether oxygens (including phenoxy) is 3. The summed E-state index contributed by atoms with van der Waals surface area (Å²) in [7, 11) is 6.94. The van der Waals surface area contributed by atoms with Gasteiger partial charge in [-0.25, -0.2) is 0 Å². The maximum Gasteiger partial charge on any atom is 0.203 e. The van der Waals surface area contributed by atoms with Crippen molar-refractivity contribution in [2.24, 2.45) is 0 Å². The minimum absolute atomic E-state index is 0.588. The van der Waals surface area contributed by atoms with Gasteiger partial charge in [0.2, 0.25) is 5.75 Å². The molecule has 0 atom stereocenters. The highest BCUT2D eigenvalue weighted by molar-refractivity contribution is 7.80. The number of piperazine rings is 1. The highest BCUT2D eigenvalue weighted by Crippen LogP contribution is 2.38. The normalized spacial score (nSPS) is 15.7. The molecule has 5 nitrogen and oxygen atoms in total. The van der Waals surface area contributed by atoms with Crippen molar-refractivity contribution in [2.75, 3.05) is 54.6 Å². The molecular formula is C15H22N2O3S. The van der Waals surface area contributed by atoms with E-state index in [0.717, 1.165) is 36.7 Å². The molecule has 1 aromatic carbocycles. The monoisotopic (exact) mass is 310 g/mol. The Kier molecular flexibility index (Phi) is 5.25. The van der Waals surface area contributed by atoms with Crippen molar-refractivity contribution in [3.63, 3.8) is 0 Å². The summed E-state index contributed by atoms with van der Waals surface area (Å²) < 4.78 is 16.1. The topological polar surface area (TPSA) is 34.2 Å². The fourth-order valence-corrected chi connectivity index (χ4v) is 2.70. The van der Waals surface area contributed by atoms with Crippen molar-refractivity contribution >= 4 is 17.2 Å². The molecule has 2 rings (SSSR count). The van der Waals surface area contributed by atoms with Crippen molar-refractivity contribution in [3.05, 3.63) is 17.7 Å². The van der Waals surface area contributed by atoms with Gasteiger partial charge in [-0.15, -0.1) is 0 Å². The van der Waals surface area contributed by atoms with Crippen LogP contribution in [0.2, 0.25) is 0 Å². The molecule has 6 heteroatoms. The van der Waals surface area contributed by atoms with Crippen molar-refractivity contribution in [3.8, 4) is 17.2 Å². The average molecular weight is 310 g/mol. The maximum absolute atomic E-state index is 5.63. The second-order valence-electron chi connectivity index (χ2n) is 5.01. The average Bonchev–Trinajstić information content (AvgIpc) is 2.53. The number of benzene rings is 1. The molecule has 0 aliphatic carbocycles. The number of likely N-dealkylation sites (N-methyl/N-ethyl adjacent to an activating group) is 1. The zero-order valence-electron chi connectivity index (χ0n) is 13.0. The van der Waals surface area contributed by atoms with Crippen molar-refractivity contribution in [2.45, 2.75) is 0 Å². The molecule has 1 heterocycles. The SMILES string of the molecule is COc1cc(C(=S)N2CCN(C)CC2)cc(OC)c1OC. The number of hydrogen-bond donors (Lipinski definition) is 0. The molecule has 1 fully saturated rings. The summed E-state index contributed by atoms with van der Waals surface area (Å²) in [6.45, 7) is 3.91. The number of nitrogens with zero attached hydrogens (tertiary/aromatic N) is 2. The van der Waals surface area contributed by atoms with Crippen LogP contribution >= 0.6 is 12.2 Å². The molecule has 0 radical (unpaired) electrons.